The number of carbonyl (C=O) groups excluding carboxylic acids is 1. The van der Waals surface area contributed by atoms with Crippen molar-refractivity contribution in [2.75, 3.05) is 42.9 Å². The highest BCUT2D eigenvalue weighted by Crippen LogP contribution is 2.42. The van der Waals surface area contributed by atoms with Gasteiger partial charge in [0.15, 0.2) is 18.0 Å². The van der Waals surface area contributed by atoms with Crippen LogP contribution in [0.2, 0.25) is 5.02 Å². The lowest BCUT2D eigenvalue weighted by atomic mass is 10.1. The first-order valence-electron chi connectivity index (χ1n) is 9.33. The van der Waals surface area contributed by atoms with Gasteiger partial charge in [0, 0.05) is 22.5 Å². The normalized spacial score (nSPS) is 18.0. The van der Waals surface area contributed by atoms with Gasteiger partial charge in [-0.1, -0.05) is 17.7 Å². The van der Waals surface area contributed by atoms with Crippen LogP contribution >= 0.6 is 11.6 Å². The van der Waals surface area contributed by atoms with Crippen LogP contribution in [-0.2, 0) is 4.79 Å². The number of piperazine rings is 1. The molecule has 1 fully saturated rings. The molecule has 0 aromatic heterocycles. The zero-order chi connectivity index (χ0) is 20.6. The SMILES string of the molecule is Cc1ccc(Cl)cc1N1CC[NH+](CC(=O)Nc2ccc3c(c2)OC(F)(F)O3)CC1. The van der Waals surface area contributed by atoms with Crippen LogP contribution in [0.1, 0.15) is 5.56 Å². The zero-order valence-electron chi connectivity index (χ0n) is 15.8. The van der Waals surface area contributed by atoms with Crippen LogP contribution in [0.5, 0.6) is 11.5 Å². The van der Waals surface area contributed by atoms with Crippen molar-refractivity contribution in [3.8, 4) is 11.5 Å². The maximum Gasteiger partial charge on any atom is 0.586 e. The van der Waals surface area contributed by atoms with Gasteiger partial charge in [-0.3, -0.25) is 4.79 Å². The molecule has 0 unspecified atom stereocenters. The van der Waals surface area contributed by atoms with Crippen LogP contribution in [0.3, 0.4) is 0 Å². The van der Waals surface area contributed by atoms with Crippen molar-refractivity contribution in [2.45, 2.75) is 13.2 Å². The smallest absolute Gasteiger partial charge is 0.395 e. The van der Waals surface area contributed by atoms with Gasteiger partial charge in [-0.25, -0.2) is 0 Å². The molecule has 2 aromatic rings. The highest BCUT2D eigenvalue weighted by atomic mass is 35.5. The molecule has 2 aromatic carbocycles. The summed E-state index contributed by atoms with van der Waals surface area (Å²) >= 11 is 6.12. The molecule has 2 N–H and O–H groups in total. The Morgan fingerprint density at radius 1 is 1.17 bits per heavy atom. The maximum absolute atomic E-state index is 13.1. The maximum atomic E-state index is 13.1. The molecular formula is C20H21ClF2N3O3+. The standard InChI is InChI=1S/C20H20ClF2N3O3/c1-13-2-3-14(21)10-16(13)26-8-6-25(7-9-26)12-19(27)24-15-4-5-17-18(11-15)29-20(22,23)28-17/h2-5,10-11H,6-9,12H2,1H3,(H,24,27)/p+1. The van der Waals surface area contributed by atoms with Crippen molar-refractivity contribution in [1.82, 2.24) is 0 Å². The third-order valence-corrected chi connectivity index (χ3v) is 5.31. The van der Waals surface area contributed by atoms with Crippen LogP contribution in [0.4, 0.5) is 20.2 Å². The third-order valence-electron chi connectivity index (χ3n) is 5.08. The average molecular weight is 425 g/mol. The Kier molecular flexibility index (Phi) is 5.23. The van der Waals surface area contributed by atoms with Crippen LogP contribution < -0.4 is 24.6 Å². The number of fused-ring (bicyclic) bond motifs is 1. The van der Waals surface area contributed by atoms with E-state index < -0.39 is 6.29 Å². The Balaban J connectivity index is 1.30. The number of nitrogens with zero attached hydrogens (tertiary/aromatic N) is 1. The van der Waals surface area contributed by atoms with Crippen molar-refractivity contribution < 1.29 is 27.9 Å². The number of hydrogen-bond donors (Lipinski definition) is 2. The lowest BCUT2D eigenvalue weighted by Crippen LogP contribution is -3.15. The van der Waals surface area contributed by atoms with Crippen molar-refractivity contribution in [3.63, 3.8) is 0 Å². The number of aryl methyl sites for hydroxylation is 1. The molecule has 2 heterocycles. The molecule has 6 nitrogen and oxygen atoms in total. The molecule has 0 atom stereocenters. The summed E-state index contributed by atoms with van der Waals surface area (Å²) < 4.78 is 35.0. The van der Waals surface area contributed by atoms with E-state index in [2.05, 4.69) is 26.6 Å². The van der Waals surface area contributed by atoms with Gasteiger partial charge in [0.1, 0.15) is 0 Å². The molecular weight excluding hydrogens is 404 g/mol. The van der Waals surface area contributed by atoms with Gasteiger partial charge in [0.05, 0.1) is 26.2 Å². The number of carbonyl (C=O) groups is 1. The second-order valence-corrected chi connectivity index (χ2v) is 7.66. The number of rotatable bonds is 4. The Morgan fingerprint density at radius 3 is 2.66 bits per heavy atom. The van der Waals surface area contributed by atoms with E-state index >= 15 is 0 Å². The number of halogens is 3. The van der Waals surface area contributed by atoms with Crippen molar-refractivity contribution >= 4 is 28.9 Å². The van der Waals surface area contributed by atoms with E-state index in [9.17, 15) is 13.6 Å². The van der Waals surface area contributed by atoms with Crippen LogP contribution in [0, 0.1) is 6.92 Å². The lowest BCUT2D eigenvalue weighted by Gasteiger charge is -2.34. The molecule has 2 aliphatic rings. The van der Waals surface area contributed by atoms with E-state index in [1.54, 1.807) is 0 Å². The summed E-state index contributed by atoms with van der Waals surface area (Å²) in [5.41, 5.74) is 2.68. The van der Waals surface area contributed by atoms with Crippen molar-refractivity contribution in [3.05, 3.63) is 47.0 Å². The Hall–Kier alpha value is -2.58. The van der Waals surface area contributed by atoms with Crippen LogP contribution in [-0.4, -0.2) is 44.9 Å². The van der Waals surface area contributed by atoms with Crippen LogP contribution in [0.15, 0.2) is 36.4 Å². The first-order chi connectivity index (χ1) is 13.8. The van der Waals surface area contributed by atoms with Gasteiger partial charge in [0.25, 0.3) is 5.91 Å². The first-order valence-corrected chi connectivity index (χ1v) is 9.71. The van der Waals surface area contributed by atoms with Gasteiger partial charge in [-0.2, -0.15) is 0 Å². The van der Waals surface area contributed by atoms with Gasteiger partial charge < -0.3 is 24.6 Å². The minimum absolute atomic E-state index is 0.0499. The summed E-state index contributed by atoms with van der Waals surface area (Å²) in [7, 11) is 0. The molecule has 29 heavy (non-hydrogen) atoms. The van der Waals surface area contributed by atoms with E-state index in [-0.39, 0.29) is 17.4 Å². The first kappa shape index (κ1) is 19.7. The molecule has 1 amide bonds. The number of alkyl halides is 2. The predicted molar refractivity (Wildman–Crippen MR) is 105 cm³/mol. The van der Waals surface area contributed by atoms with E-state index in [0.717, 1.165) is 36.8 Å². The van der Waals surface area contributed by atoms with E-state index in [1.165, 1.54) is 23.8 Å². The van der Waals surface area contributed by atoms with Crippen molar-refractivity contribution in [1.29, 1.82) is 0 Å². The summed E-state index contributed by atoms with van der Waals surface area (Å²) in [6.07, 6.45) is -3.67. The van der Waals surface area contributed by atoms with Crippen LogP contribution in [0.25, 0.3) is 0 Å². The van der Waals surface area contributed by atoms with Gasteiger partial charge >= 0.3 is 6.29 Å². The third kappa shape index (κ3) is 4.54. The molecule has 0 aliphatic carbocycles. The second-order valence-electron chi connectivity index (χ2n) is 7.22. The molecule has 0 spiro atoms. The fourth-order valence-electron chi connectivity index (χ4n) is 3.62. The fraction of sp³-hybridized carbons (Fsp3) is 0.350. The van der Waals surface area contributed by atoms with Gasteiger partial charge in [-0.05, 0) is 36.8 Å². The summed E-state index contributed by atoms with van der Waals surface area (Å²) in [5.74, 6) is -0.324. The largest absolute Gasteiger partial charge is 0.586 e. The Bertz CT molecular complexity index is 933. The number of amides is 1. The average Bonchev–Trinajstić information content (AvgIpc) is 2.97. The Morgan fingerprint density at radius 2 is 1.90 bits per heavy atom. The molecule has 2 aliphatic heterocycles. The highest BCUT2D eigenvalue weighted by Gasteiger charge is 2.43. The highest BCUT2D eigenvalue weighted by molar-refractivity contribution is 6.30. The quantitative estimate of drug-likeness (QED) is 0.791. The summed E-state index contributed by atoms with van der Waals surface area (Å²) in [6.45, 7) is 5.62. The van der Waals surface area contributed by atoms with E-state index in [0.29, 0.717) is 17.3 Å². The molecule has 1 saturated heterocycles. The molecule has 0 saturated carbocycles. The zero-order valence-corrected chi connectivity index (χ0v) is 16.6. The van der Waals surface area contributed by atoms with Crippen molar-refractivity contribution in [2.24, 2.45) is 0 Å². The predicted octanol–water partition coefficient (Wildman–Crippen LogP) is 2.31. The summed E-state index contributed by atoms with van der Waals surface area (Å²) in [5, 5.41) is 3.44. The minimum Gasteiger partial charge on any atom is -0.395 e. The number of nitrogens with one attached hydrogen (secondary N) is 2. The number of ether oxygens (including phenoxy) is 2. The molecule has 0 bridgehead atoms. The fourth-order valence-corrected chi connectivity index (χ4v) is 3.79. The number of anilines is 2. The molecule has 154 valence electrons. The van der Waals surface area contributed by atoms with E-state index in [4.69, 9.17) is 11.6 Å². The topological polar surface area (TPSA) is 55.2 Å². The lowest BCUT2D eigenvalue weighted by molar-refractivity contribution is -0.892. The Labute approximate surface area is 171 Å². The number of hydrogen-bond acceptors (Lipinski definition) is 4. The van der Waals surface area contributed by atoms with Gasteiger partial charge in [-0.15, -0.1) is 8.78 Å². The number of quaternary nitrogens is 1. The monoisotopic (exact) mass is 424 g/mol. The molecule has 0 radical (unpaired) electrons. The minimum atomic E-state index is -3.67. The number of benzene rings is 2. The van der Waals surface area contributed by atoms with E-state index in [1.807, 2.05) is 18.2 Å². The summed E-state index contributed by atoms with van der Waals surface area (Å²) in [6, 6.07) is 10.1. The molecule has 9 heteroatoms. The van der Waals surface area contributed by atoms with Gasteiger partial charge in [0.2, 0.25) is 0 Å². The second kappa shape index (κ2) is 7.68. The molecule has 4 rings (SSSR count). The summed E-state index contributed by atoms with van der Waals surface area (Å²) in [4.78, 5) is 15.8.